The van der Waals surface area contributed by atoms with Crippen LogP contribution >= 0.6 is 0 Å². The van der Waals surface area contributed by atoms with Crippen molar-refractivity contribution in [2.24, 2.45) is 0 Å². The minimum Gasteiger partial charge on any atom is -0.508 e. The predicted molar refractivity (Wildman–Crippen MR) is 73.3 cm³/mol. The molecule has 2 aromatic rings. The van der Waals surface area contributed by atoms with Gasteiger partial charge in [-0.3, -0.25) is 0 Å². The smallest absolute Gasteiger partial charge is 0.241 e. The van der Waals surface area contributed by atoms with Gasteiger partial charge in [0.2, 0.25) is 10.0 Å². The first-order valence-corrected chi connectivity index (χ1v) is 7.41. The topological polar surface area (TPSA) is 66.4 Å². The third-order valence-electron chi connectivity index (χ3n) is 2.88. The van der Waals surface area contributed by atoms with Gasteiger partial charge in [-0.05, 0) is 30.7 Å². The van der Waals surface area contributed by atoms with Crippen LogP contribution in [-0.4, -0.2) is 13.5 Å². The molecular weight excluding hydrogens is 281 g/mol. The summed E-state index contributed by atoms with van der Waals surface area (Å²) in [5.41, 5.74) is 0.904. The zero-order chi connectivity index (χ0) is 14.8. The quantitative estimate of drug-likeness (QED) is 0.909. The van der Waals surface area contributed by atoms with Gasteiger partial charge in [0, 0.05) is 12.1 Å². The number of phenols is 1. The fourth-order valence-corrected chi connectivity index (χ4v) is 3.03. The summed E-state index contributed by atoms with van der Waals surface area (Å²) >= 11 is 0. The molecule has 4 nitrogen and oxygen atoms in total. The molecule has 0 saturated carbocycles. The number of phenolic OH excluding ortho intramolecular Hbond substituents is 1. The normalized spacial score (nSPS) is 11.5. The Labute approximate surface area is 116 Å². The molecule has 20 heavy (non-hydrogen) atoms. The average molecular weight is 295 g/mol. The Morgan fingerprint density at radius 2 is 1.90 bits per heavy atom. The average Bonchev–Trinajstić information content (AvgIpc) is 2.40. The van der Waals surface area contributed by atoms with E-state index in [-0.39, 0.29) is 17.2 Å². The Morgan fingerprint density at radius 1 is 1.20 bits per heavy atom. The molecule has 2 aromatic carbocycles. The molecule has 2 rings (SSSR count). The third-order valence-corrected chi connectivity index (χ3v) is 4.43. The third kappa shape index (κ3) is 3.15. The first kappa shape index (κ1) is 14.5. The molecular formula is C14H14FNO3S. The number of sulfonamides is 1. The van der Waals surface area contributed by atoms with E-state index in [1.165, 1.54) is 18.2 Å². The van der Waals surface area contributed by atoms with Crippen LogP contribution in [0.2, 0.25) is 0 Å². The lowest BCUT2D eigenvalue weighted by Crippen LogP contribution is -2.24. The summed E-state index contributed by atoms with van der Waals surface area (Å²) in [6.07, 6.45) is 0. The molecule has 0 heterocycles. The maximum absolute atomic E-state index is 13.2. The van der Waals surface area contributed by atoms with E-state index >= 15 is 0 Å². The van der Waals surface area contributed by atoms with E-state index in [4.69, 9.17) is 0 Å². The molecule has 106 valence electrons. The number of hydrogen-bond acceptors (Lipinski definition) is 3. The number of rotatable bonds is 4. The number of benzene rings is 2. The molecule has 0 radical (unpaired) electrons. The van der Waals surface area contributed by atoms with E-state index in [0.29, 0.717) is 11.1 Å². The summed E-state index contributed by atoms with van der Waals surface area (Å²) < 4.78 is 39.8. The van der Waals surface area contributed by atoms with E-state index in [9.17, 15) is 17.9 Å². The van der Waals surface area contributed by atoms with Crippen molar-refractivity contribution in [2.75, 3.05) is 0 Å². The summed E-state index contributed by atoms with van der Waals surface area (Å²) in [5, 5.41) is 9.58. The Morgan fingerprint density at radius 3 is 2.60 bits per heavy atom. The summed E-state index contributed by atoms with van der Waals surface area (Å²) in [4.78, 5) is -0.104. The van der Waals surface area contributed by atoms with Crippen molar-refractivity contribution in [1.29, 1.82) is 0 Å². The van der Waals surface area contributed by atoms with Crippen LogP contribution in [0, 0.1) is 12.7 Å². The molecule has 0 aliphatic rings. The summed E-state index contributed by atoms with van der Waals surface area (Å²) in [5.74, 6) is -0.607. The van der Waals surface area contributed by atoms with Gasteiger partial charge in [0.05, 0.1) is 4.90 Å². The zero-order valence-electron chi connectivity index (χ0n) is 10.8. The Hall–Kier alpha value is -1.92. The van der Waals surface area contributed by atoms with Gasteiger partial charge in [-0.15, -0.1) is 0 Å². The molecule has 0 aromatic heterocycles. The van der Waals surface area contributed by atoms with Crippen molar-refractivity contribution in [3.63, 3.8) is 0 Å². The highest BCUT2D eigenvalue weighted by Crippen LogP contribution is 2.19. The molecule has 0 saturated heterocycles. The molecule has 0 aliphatic heterocycles. The second-order valence-corrected chi connectivity index (χ2v) is 6.10. The van der Waals surface area contributed by atoms with Crippen LogP contribution in [-0.2, 0) is 16.6 Å². The molecule has 0 unspecified atom stereocenters. The molecule has 2 N–H and O–H groups in total. The molecule has 0 spiro atoms. The number of hydrogen-bond donors (Lipinski definition) is 2. The number of para-hydroxylation sites is 1. The molecule has 0 atom stereocenters. The van der Waals surface area contributed by atoms with E-state index in [0.717, 1.165) is 6.07 Å². The minimum absolute atomic E-state index is 0.00571. The number of halogens is 1. The van der Waals surface area contributed by atoms with Crippen molar-refractivity contribution in [1.82, 2.24) is 4.72 Å². The van der Waals surface area contributed by atoms with Crippen LogP contribution in [0.3, 0.4) is 0 Å². The fraction of sp³-hybridized carbons (Fsp3) is 0.143. The molecule has 0 amide bonds. The maximum Gasteiger partial charge on any atom is 0.241 e. The van der Waals surface area contributed by atoms with Crippen molar-refractivity contribution in [3.05, 3.63) is 59.4 Å². The summed E-state index contributed by atoms with van der Waals surface area (Å²) in [6.45, 7) is 1.53. The largest absolute Gasteiger partial charge is 0.508 e. The van der Waals surface area contributed by atoms with Gasteiger partial charge in [-0.2, -0.15) is 0 Å². The van der Waals surface area contributed by atoms with Crippen molar-refractivity contribution < 1.29 is 17.9 Å². The van der Waals surface area contributed by atoms with Crippen molar-refractivity contribution >= 4 is 10.0 Å². The number of aryl methyl sites for hydroxylation is 1. The van der Waals surface area contributed by atoms with E-state index in [1.54, 1.807) is 25.1 Å². The van der Waals surface area contributed by atoms with Crippen LogP contribution in [0.5, 0.6) is 5.75 Å². The summed E-state index contributed by atoms with van der Waals surface area (Å²) in [6, 6.07) is 10.00. The molecule has 0 aliphatic carbocycles. The van der Waals surface area contributed by atoms with E-state index in [1.807, 2.05) is 0 Å². The van der Waals surface area contributed by atoms with Gasteiger partial charge in [0.15, 0.2) is 0 Å². The fourth-order valence-electron chi connectivity index (χ4n) is 1.77. The SMILES string of the molecule is Cc1ccc(F)cc1S(=O)(=O)NCc1ccccc1O. The van der Waals surface area contributed by atoms with Crippen molar-refractivity contribution in [2.45, 2.75) is 18.4 Å². The highest BCUT2D eigenvalue weighted by molar-refractivity contribution is 7.89. The zero-order valence-corrected chi connectivity index (χ0v) is 11.6. The lowest BCUT2D eigenvalue weighted by atomic mass is 10.2. The first-order valence-electron chi connectivity index (χ1n) is 5.93. The number of aromatic hydroxyl groups is 1. The molecule has 6 heteroatoms. The Kier molecular flexibility index (Phi) is 4.06. The van der Waals surface area contributed by atoms with Crippen LogP contribution in [0.15, 0.2) is 47.4 Å². The van der Waals surface area contributed by atoms with Gasteiger partial charge in [-0.1, -0.05) is 24.3 Å². The van der Waals surface area contributed by atoms with Gasteiger partial charge in [0.1, 0.15) is 11.6 Å². The van der Waals surface area contributed by atoms with Gasteiger partial charge < -0.3 is 5.11 Å². The standard InChI is InChI=1S/C14H14FNO3S/c1-10-6-7-12(15)8-14(10)20(18,19)16-9-11-4-2-3-5-13(11)17/h2-8,16-17H,9H2,1H3. The van der Waals surface area contributed by atoms with Gasteiger partial charge in [0.25, 0.3) is 0 Å². The highest BCUT2D eigenvalue weighted by atomic mass is 32.2. The molecule has 0 fully saturated rings. The monoisotopic (exact) mass is 295 g/mol. The minimum atomic E-state index is -3.83. The maximum atomic E-state index is 13.2. The second-order valence-electron chi connectivity index (χ2n) is 4.36. The van der Waals surface area contributed by atoms with Crippen LogP contribution in [0.25, 0.3) is 0 Å². The predicted octanol–water partition coefficient (Wildman–Crippen LogP) is 2.32. The van der Waals surface area contributed by atoms with Gasteiger partial charge in [-0.25, -0.2) is 17.5 Å². The lowest BCUT2D eigenvalue weighted by molar-refractivity contribution is 0.467. The molecule has 0 bridgehead atoms. The first-order chi connectivity index (χ1) is 9.40. The summed E-state index contributed by atoms with van der Waals surface area (Å²) in [7, 11) is -3.83. The van der Waals surface area contributed by atoms with Crippen LogP contribution < -0.4 is 4.72 Å². The van der Waals surface area contributed by atoms with Gasteiger partial charge >= 0.3 is 0 Å². The van der Waals surface area contributed by atoms with Crippen molar-refractivity contribution in [3.8, 4) is 5.75 Å². The Balaban J connectivity index is 2.24. The van der Waals surface area contributed by atoms with Crippen LogP contribution in [0.4, 0.5) is 4.39 Å². The lowest BCUT2D eigenvalue weighted by Gasteiger charge is -2.10. The van der Waals surface area contributed by atoms with E-state index in [2.05, 4.69) is 4.72 Å². The van der Waals surface area contributed by atoms with Crippen LogP contribution in [0.1, 0.15) is 11.1 Å². The highest BCUT2D eigenvalue weighted by Gasteiger charge is 2.17. The van der Waals surface area contributed by atoms with E-state index < -0.39 is 15.8 Å². The number of nitrogens with one attached hydrogen (secondary N) is 1. The second kappa shape index (κ2) is 5.60. The Bertz CT molecular complexity index is 729.